The third-order valence-corrected chi connectivity index (χ3v) is 4.46. The van der Waals surface area contributed by atoms with Crippen molar-refractivity contribution in [2.45, 2.75) is 32.6 Å². The molecular formula is C20H24N2O4. The highest BCUT2D eigenvalue weighted by atomic mass is 16.5. The van der Waals surface area contributed by atoms with Crippen molar-refractivity contribution in [1.82, 2.24) is 9.88 Å². The molecule has 1 aliphatic carbocycles. The van der Waals surface area contributed by atoms with Gasteiger partial charge in [0.15, 0.2) is 0 Å². The van der Waals surface area contributed by atoms with E-state index in [1.54, 1.807) is 13.2 Å². The number of hydrogen-bond acceptors (Lipinski definition) is 4. The lowest BCUT2D eigenvalue weighted by Crippen LogP contribution is -2.38. The van der Waals surface area contributed by atoms with E-state index in [-0.39, 0.29) is 18.4 Å². The van der Waals surface area contributed by atoms with Crippen LogP contribution in [0.1, 0.15) is 48.7 Å². The molecule has 1 saturated carbocycles. The van der Waals surface area contributed by atoms with Crippen molar-refractivity contribution in [1.29, 1.82) is 0 Å². The van der Waals surface area contributed by atoms with Gasteiger partial charge in [0, 0.05) is 23.5 Å². The van der Waals surface area contributed by atoms with Crippen molar-refractivity contribution < 1.29 is 19.4 Å². The molecule has 1 aromatic carbocycles. The zero-order chi connectivity index (χ0) is 18.8. The molecule has 0 radical (unpaired) electrons. The summed E-state index contributed by atoms with van der Waals surface area (Å²) in [6.45, 7) is 4.00. The van der Waals surface area contributed by atoms with Gasteiger partial charge in [0.05, 0.1) is 18.2 Å². The first-order valence-electron chi connectivity index (χ1n) is 8.88. The van der Waals surface area contributed by atoms with Gasteiger partial charge in [0.1, 0.15) is 12.3 Å². The molecule has 0 atom stereocenters. The monoisotopic (exact) mass is 356 g/mol. The number of nitrogens with zero attached hydrogens (tertiary/aromatic N) is 2. The molecule has 1 aliphatic rings. The van der Waals surface area contributed by atoms with Crippen LogP contribution >= 0.6 is 0 Å². The summed E-state index contributed by atoms with van der Waals surface area (Å²) in [7, 11) is 1.57. The predicted molar refractivity (Wildman–Crippen MR) is 98.6 cm³/mol. The lowest BCUT2D eigenvalue weighted by atomic mass is 10.0. The van der Waals surface area contributed by atoms with Gasteiger partial charge in [-0.05, 0) is 43.0 Å². The highest BCUT2D eigenvalue weighted by Crippen LogP contribution is 2.40. The number of carbonyl (C=O) groups is 2. The van der Waals surface area contributed by atoms with Crippen LogP contribution in [0.3, 0.4) is 0 Å². The Kier molecular flexibility index (Phi) is 5.11. The summed E-state index contributed by atoms with van der Waals surface area (Å²) in [5.74, 6) is -0.0860. The van der Waals surface area contributed by atoms with Gasteiger partial charge in [-0.15, -0.1) is 0 Å². The van der Waals surface area contributed by atoms with Crippen LogP contribution in [-0.4, -0.2) is 47.1 Å². The van der Waals surface area contributed by atoms with Crippen LogP contribution in [0, 0.1) is 5.92 Å². The zero-order valence-corrected chi connectivity index (χ0v) is 15.4. The third-order valence-electron chi connectivity index (χ3n) is 4.46. The Morgan fingerprint density at radius 2 is 2.04 bits per heavy atom. The van der Waals surface area contributed by atoms with Gasteiger partial charge in [0.2, 0.25) is 0 Å². The van der Waals surface area contributed by atoms with E-state index in [9.17, 15) is 14.7 Å². The van der Waals surface area contributed by atoms with Crippen molar-refractivity contribution in [3.05, 3.63) is 35.5 Å². The van der Waals surface area contributed by atoms with E-state index in [1.165, 1.54) is 4.90 Å². The maximum Gasteiger partial charge on any atom is 0.323 e. The number of carbonyl (C=O) groups excluding carboxylic acids is 1. The number of ether oxygens (including phenoxy) is 1. The number of aliphatic carboxylic acids is 1. The van der Waals surface area contributed by atoms with E-state index in [0.29, 0.717) is 29.2 Å². The number of hydrogen-bond donors (Lipinski definition) is 1. The fourth-order valence-corrected chi connectivity index (χ4v) is 3.11. The molecular weight excluding hydrogens is 332 g/mol. The van der Waals surface area contributed by atoms with Gasteiger partial charge in [0.25, 0.3) is 5.91 Å². The Hall–Kier alpha value is -2.63. The largest absolute Gasteiger partial charge is 0.497 e. The van der Waals surface area contributed by atoms with Gasteiger partial charge >= 0.3 is 5.97 Å². The number of methoxy groups -OCH3 is 1. The van der Waals surface area contributed by atoms with Crippen LogP contribution in [0.5, 0.6) is 5.75 Å². The van der Waals surface area contributed by atoms with Gasteiger partial charge < -0.3 is 14.7 Å². The van der Waals surface area contributed by atoms with Crippen molar-refractivity contribution in [2.75, 3.05) is 20.2 Å². The molecule has 2 aromatic rings. The van der Waals surface area contributed by atoms with Crippen molar-refractivity contribution >= 4 is 22.8 Å². The first kappa shape index (κ1) is 18.2. The summed E-state index contributed by atoms with van der Waals surface area (Å²) in [5.41, 5.74) is 2.14. The quantitative estimate of drug-likeness (QED) is 0.823. The molecule has 1 aromatic heterocycles. The second kappa shape index (κ2) is 7.32. The number of fused-ring (bicyclic) bond motifs is 1. The Balaban J connectivity index is 2.09. The summed E-state index contributed by atoms with van der Waals surface area (Å²) in [6.07, 6.45) is 2.15. The number of benzene rings is 1. The van der Waals surface area contributed by atoms with E-state index in [0.717, 1.165) is 24.1 Å². The minimum atomic E-state index is -1.02. The lowest BCUT2D eigenvalue weighted by molar-refractivity contribution is -0.137. The molecule has 26 heavy (non-hydrogen) atoms. The normalized spacial score (nSPS) is 13.8. The molecule has 6 heteroatoms. The molecule has 1 heterocycles. The Morgan fingerprint density at radius 1 is 1.31 bits per heavy atom. The van der Waals surface area contributed by atoms with E-state index in [4.69, 9.17) is 9.72 Å². The Bertz CT molecular complexity index is 843. The highest BCUT2D eigenvalue weighted by Gasteiger charge is 2.28. The van der Waals surface area contributed by atoms with E-state index < -0.39 is 5.97 Å². The number of amides is 1. The lowest BCUT2D eigenvalue weighted by Gasteiger charge is -2.24. The van der Waals surface area contributed by atoms with Crippen molar-refractivity contribution in [3.63, 3.8) is 0 Å². The molecule has 0 bridgehead atoms. The molecule has 0 unspecified atom stereocenters. The molecule has 3 rings (SSSR count). The molecule has 1 fully saturated rings. The minimum absolute atomic E-state index is 0.170. The summed E-state index contributed by atoms with van der Waals surface area (Å²) in [6, 6.07) is 7.29. The second-order valence-electron chi connectivity index (χ2n) is 7.23. The van der Waals surface area contributed by atoms with E-state index >= 15 is 0 Å². The molecule has 6 nitrogen and oxygen atoms in total. The average molecular weight is 356 g/mol. The number of rotatable bonds is 7. The van der Waals surface area contributed by atoms with E-state index in [2.05, 4.69) is 0 Å². The molecule has 138 valence electrons. The molecule has 0 spiro atoms. The summed E-state index contributed by atoms with van der Waals surface area (Å²) in [5, 5.41) is 9.91. The zero-order valence-electron chi connectivity index (χ0n) is 15.4. The molecule has 0 aliphatic heterocycles. The maximum absolute atomic E-state index is 13.2. The Labute approximate surface area is 152 Å². The van der Waals surface area contributed by atoms with Crippen LogP contribution < -0.4 is 4.74 Å². The van der Waals surface area contributed by atoms with Gasteiger partial charge in [-0.3, -0.25) is 14.6 Å². The fourth-order valence-electron chi connectivity index (χ4n) is 3.11. The third kappa shape index (κ3) is 3.95. The fraction of sp³-hybridized carbons (Fsp3) is 0.450. The molecule has 1 N–H and O–H groups in total. The molecule has 1 amide bonds. The summed E-state index contributed by atoms with van der Waals surface area (Å²) < 4.78 is 5.29. The van der Waals surface area contributed by atoms with Gasteiger partial charge in [-0.2, -0.15) is 0 Å². The topological polar surface area (TPSA) is 79.7 Å². The summed E-state index contributed by atoms with van der Waals surface area (Å²) in [4.78, 5) is 30.6. The van der Waals surface area contributed by atoms with Crippen molar-refractivity contribution in [2.24, 2.45) is 5.92 Å². The smallest absolute Gasteiger partial charge is 0.323 e. The number of pyridine rings is 1. The van der Waals surface area contributed by atoms with Crippen LogP contribution in [-0.2, 0) is 4.79 Å². The SMILES string of the molecule is COc1ccc2nc(C3CC3)cc(C(=O)N(CC(=O)O)CC(C)C)c2c1. The standard InChI is InChI=1S/C20H24N2O4/c1-12(2)10-22(11-19(23)24)20(25)16-9-18(13-4-5-13)21-17-7-6-14(26-3)8-15(16)17/h6-9,12-13H,4-5,10-11H2,1-3H3,(H,23,24). The average Bonchev–Trinajstić information content (AvgIpc) is 3.43. The van der Waals surface area contributed by atoms with E-state index in [1.807, 2.05) is 32.0 Å². The number of aromatic nitrogens is 1. The van der Waals surface area contributed by atoms with Crippen LogP contribution in [0.15, 0.2) is 24.3 Å². The van der Waals surface area contributed by atoms with Crippen molar-refractivity contribution in [3.8, 4) is 5.75 Å². The first-order chi connectivity index (χ1) is 12.4. The van der Waals surface area contributed by atoms with Gasteiger partial charge in [-0.1, -0.05) is 13.8 Å². The highest BCUT2D eigenvalue weighted by molar-refractivity contribution is 6.07. The number of carboxylic acid groups (broad SMARTS) is 1. The first-order valence-corrected chi connectivity index (χ1v) is 8.88. The Morgan fingerprint density at radius 3 is 2.62 bits per heavy atom. The van der Waals surface area contributed by atoms with Crippen LogP contribution in [0.25, 0.3) is 10.9 Å². The molecule has 0 saturated heterocycles. The summed E-state index contributed by atoms with van der Waals surface area (Å²) >= 11 is 0. The van der Waals surface area contributed by atoms with Crippen LogP contribution in [0.2, 0.25) is 0 Å². The second-order valence-corrected chi connectivity index (χ2v) is 7.23. The minimum Gasteiger partial charge on any atom is -0.497 e. The maximum atomic E-state index is 13.2. The van der Waals surface area contributed by atoms with Gasteiger partial charge in [-0.25, -0.2) is 0 Å². The predicted octanol–water partition coefficient (Wildman–Crippen LogP) is 3.30. The number of carboxylic acids is 1. The van der Waals surface area contributed by atoms with Crippen LogP contribution in [0.4, 0.5) is 0 Å².